The van der Waals surface area contributed by atoms with Crippen molar-refractivity contribution in [3.63, 3.8) is 0 Å². The van der Waals surface area contributed by atoms with Crippen LogP contribution in [0.15, 0.2) is 28.7 Å². The summed E-state index contributed by atoms with van der Waals surface area (Å²) >= 11 is 3.32. The number of benzene rings is 1. The number of halogens is 1. The molecule has 2 unspecified atom stereocenters. The van der Waals surface area contributed by atoms with E-state index in [0.29, 0.717) is 6.42 Å². The Kier molecular flexibility index (Phi) is 4.96. The van der Waals surface area contributed by atoms with Crippen molar-refractivity contribution in [2.24, 2.45) is 0 Å². The van der Waals surface area contributed by atoms with Crippen LogP contribution < -0.4 is 0 Å². The van der Waals surface area contributed by atoms with Gasteiger partial charge >= 0.3 is 5.97 Å². The minimum Gasteiger partial charge on any atom is -0.481 e. The summed E-state index contributed by atoms with van der Waals surface area (Å²) in [4.78, 5) is 11.2. The van der Waals surface area contributed by atoms with Crippen molar-refractivity contribution in [2.75, 3.05) is 7.11 Å². The minimum atomic E-state index is -0.814. The number of methoxy groups -OCH3 is 1. The molecule has 4 heteroatoms. The highest BCUT2D eigenvalue weighted by Crippen LogP contribution is 2.24. The van der Waals surface area contributed by atoms with Crippen LogP contribution in [0.5, 0.6) is 0 Å². The zero-order valence-electron chi connectivity index (χ0n) is 9.31. The molecule has 2 atom stereocenters. The van der Waals surface area contributed by atoms with E-state index in [4.69, 9.17) is 4.74 Å². The molecule has 0 radical (unpaired) electrons. The van der Waals surface area contributed by atoms with Crippen molar-refractivity contribution in [3.05, 3.63) is 34.3 Å². The van der Waals surface area contributed by atoms with E-state index in [1.807, 2.05) is 31.2 Å². The lowest BCUT2D eigenvalue weighted by Crippen LogP contribution is -2.18. The second kappa shape index (κ2) is 6.01. The summed E-state index contributed by atoms with van der Waals surface area (Å²) in [5.74, 6) is -1.32. The number of carbonyl (C=O) groups is 1. The Labute approximate surface area is 104 Å². The van der Waals surface area contributed by atoms with Crippen molar-refractivity contribution in [3.8, 4) is 0 Å². The highest BCUT2D eigenvalue weighted by molar-refractivity contribution is 9.10. The SMILES string of the molecule is COC(C)CC(C(=O)O)c1ccc(Br)cc1. The Bertz CT molecular complexity index is 348. The third-order valence-electron chi connectivity index (χ3n) is 2.54. The van der Waals surface area contributed by atoms with Gasteiger partial charge in [0.25, 0.3) is 0 Å². The monoisotopic (exact) mass is 286 g/mol. The summed E-state index contributed by atoms with van der Waals surface area (Å²) in [6, 6.07) is 7.35. The summed E-state index contributed by atoms with van der Waals surface area (Å²) in [5.41, 5.74) is 0.805. The molecule has 88 valence electrons. The van der Waals surface area contributed by atoms with Crippen molar-refractivity contribution in [1.29, 1.82) is 0 Å². The van der Waals surface area contributed by atoms with Gasteiger partial charge < -0.3 is 9.84 Å². The van der Waals surface area contributed by atoms with E-state index < -0.39 is 11.9 Å². The van der Waals surface area contributed by atoms with Crippen LogP contribution >= 0.6 is 15.9 Å². The van der Waals surface area contributed by atoms with E-state index >= 15 is 0 Å². The molecule has 0 aliphatic heterocycles. The molecule has 0 fully saturated rings. The first kappa shape index (κ1) is 13.2. The second-order valence-corrected chi connectivity index (χ2v) is 4.64. The average molecular weight is 287 g/mol. The van der Waals surface area contributed by atoms with Crippen LogP contribution in [0.1, 0.15) is 24.8 Å². The molecular weight excluding hydrogens is 272 g/mol. The summed E-state index contributed by atoms with van der Waals surface area (Å²) in [7, 11) is 1.59. The number of aliphatic carboxylic acids is 1. The summed E-state index contributed by atoms with van der Waals surface area (Å²) in [6.45, 7) is 1.87. The minimum absolute atomic E-state index is 0.0650. The van der Waals surface area contributed by atoms with E-state index in [0.717, 1.165) is 10.0 Å². The maximum atomic E-state index is 11.2. The van der Waals surface area contributed by atoms with Crippen LogP contribution in [0.3, 0.4) is 0 Å². The van der Waals surface area contributed by atoms with Crippen LogP contribution in [0, 0.1) is 0 Å². The van der Waals surface area contributed by atoms with Gasteiger partial charge in [0.15, 0.2) is 0 Å². The molecule has 1 rings (SSSR count). The molecule has 1 aromatic carbocycles. The van der Waals surface area contributed by atoms with E-state index in [2.05, 4.69) is 15.9 Å². The van der Waals surface area contributed by atoms with Crippen molar-refractivity contribution >= 4 is 21.9 Å². The van der Waals surface area contributed by atoms with Gasteiger partial charge in [-0.2, -0.15) is 0 Å². The van der Waals surface area contributed by atoms with Crippen LogP contribution in [-0.4, -0.2) is 24.3 Å². The zero-order chi connectivity index (χ0) is 12.1. The largest absolute Gasteiger partial charge is 0.481 e. The van der Waals surface area contributed by atoms with Gasteiger partial charge in [-0.25, -0.2) is 0 Å². The molecule has 1 N–H and O–H groups in total. The Morgan fingerprint density at radius 2 is 2.00 bits per heavy atom. The predicted octanol–water partition coefficient (Wildman–Crippen LogP) is 3.04. The summed E-state index contributed by atoms with van der Waals surface area (Å²) in [5, 5.41) is 9.17. The standard InChI is InChI=1S/C12H15BrO3/c1-8(16-2)7-11(12(14)15)9-3-5-10(13)6-4-9/h3-6,8,11H,7H2,1-2H3,(H,14,15). The number of hydrogen-bond acceptors (Lipinski definition) is 2. The average Bonchev–Trinajstić information content (AvgIpc) is 2.26. The van der Waals surface area contributed by atoms with Gasteiger partial charge in [0.05, 0.1) is 12.0 Å². The predicted molar refractivity (Wildman–Crippen MR) is 65.6 cm³/mol. The van der Waals surface area contributed by atoms with Gasteiger partial charge in [0.1, 0.15) is 0 Å². The van der Waals surface area contributed by atoms with Crippen LogP contribution in [-0.2, 0) is 9.53 Å². The first-order chi connectivity index (χ1) is 7.54. The van der Waals surface area contributed by atoms with E-state index in [9.17, 15) is 9.90 Å². The Morgan fingerprint density at radius 3 is 2.44 bits per heavy atom. The fourth-order valence-corrected chi connectivity index (χ4v) is 1.77. The topological polar surface area (TPSA) is 46.5 Å². The molecule has 3 nitrogen and oxygen atoms in total. The third-order valence-corrected chi connectivity index (χ3v) is 3.07. The van der Waals surface area contributed by atoms with Crippen molar-refractivity contribution < 1.29 is 14.6 Å². The lowest BCUT2D eigenvalue weighted by Gasteiger charge is -2.16. The molecule has 0 aliphatic rings. The van der Waals surface area contributed by atoms with Gasteiger partial charge in [0.2, 0.25) is 0 Å². The highest BCUT2D eigenvalue weighted by Gasteiger charge is 2.22. The molecule has 0 amide bonds. The number of rotatable bonds is 5. The van der Waals surface area contributed by atoms with E-state index in [1.165, 1.54) is 0 Å². The lowest BCUT2D eigenvalue weighted by atomic mass is 9.94. The van der Waals surface area contributed by atoms with Gasteiger partial charge in [-0.1, -0.05) is 28.1 Å². The Morgan fingerprint density at radius 1 is 1.44 bits per heavy atom. The maximum Gasteiger partial charge on any atom is 0.311 e. The Balaban J connectivity index is 2.85. The van der Waals surface area contributed by atoms with E-state index in [1.54, 1.807) is 7.11 Å². The van der Waals surface area contributed by atoms with Crippen LogP contribution in [0.25, 0.3) is 0 Å². The molecular formula is C12H15BrO3. The molecule has 0 spiro atoms. The van der Waals surface area contributed by atoms with Gasteiger partial charge in [-0.15, -0.1) is 0 Å². The van der Waals surface area contributed by atoms with Gasteiger partial charge in [-0.3, -0.25) is 4.79 Å². The number of hydrogen-bond donors (Lipinski definition) is 1. The first-order valence-corrected chi connectivity index (χ1v) is 5.85. The first-order valence-electron chi connectivity index (χ1n) is 5.05. The molecule has 0 bridgehead atoms. The lowest BCUT2D eigenvalue weighted by molar-refractivity contribution is -0.139. The van der Waals surface area contributed by atoms with Crippen LogP contribution in [0.4, 0.5) is 0 Å². The number of carboxylic acids is 1. The quantitative estimate of drug-likeness (QED) is 0.905. The fourth-order valence-electron chi connectivity index (χ4n) is 1.50. The van der Waals surface area contributed by atoms with Gasteiger partial charge in [0, 0.05) is 11.6 Å². The maximum absolute atomic E-state index is 11.2. The third kappa shape index (κ3) is 3.61. The molecule has 1 aromatic rings. The molecule has 0 heterocycles. The second-order valence-electron chi connectivity index (χ2n) is 3.72. The van der Waals surface area contributed by atoms with E-state index in [-0.39, 0.29) is 6.10 Å². The Hall–Kier alpha value is -0.870. The molecule has 0 aliphatic carbocycles. The number of ether oxygens (including phenoxy) is 1. The van der Waals surface area contributed by atoms with Crippen molar-refractivity contribution in [1.82, 2.24) is 0 Å². The molecule has 0 saturated heterocycles. The summed E-state index contributed by atoms with van der Waals surface area (Å²) in [6.07, 6.45) is 0.415. The molecule has 0 aromatic heterocycles. The van der Waals surface area contributed by atoms with Gasteiger partial charge in [-0.05, 0) is 31.0 Å². The molecule has 0 saturated carbocycles. The normalized spacial score (nSPS) is 14.4. The highest BCUT2D eigenvalue weighted by atomic mass is 79.9. The smallest absolute Gasteiger partial charge is 0.311 e. The van der Waals surface area contributed by atoms with Crippen LogP contribution in [0.2, 0.25) is 0 Å². The summed E-state index contributed by atoms with van der Waals surface area (Å²) < 4.78 is 6.05. The van der Waals surface area contributed by atoms with Crippen molar-refractivity contribution in [2.45, 2.75) is 25.4 Å². The number of carboxylic acid groups (broad SMARTS) is 1. The molecule has 16 heavy (non-hydrogen) atoms. The zero-order valence-corrected chi connectivity index (χ0v) is 10.9. The fraction of sp³-hybridized carbons (Fsp3) is 0.417.